The minimum Gasteiger partial charge on any atom is -0.200 e. The summed E-state index contributed by atoms with van der Waals surface area (Å²) in [6, 6.07) is 26.4. The van der Waals surface area contributed by atoms with Crippen LogP contribution < -0.4 is 0 Å². The Balaban J connectivity index is 1.77. The van der Waals surface area contributed by atoms with Gasteiger partial charge in [0.25, 0.3) is 10.0 Å². The van der Waals surface area contributed by atoms with E-state index < -0.39 is 10.0 Å². The van der Waals surface area contributed by atoms with Crippen LogP contribution in [-0.4, -0.2) is 25.1 Å². The first-order chi connectivity index (χ1) is 13.5. The highest BCUT2D eigenvalue weighted by molar-refractivity contribution is 7.89. The summed E-state index contributed by atoms with van der Waals surface area (Å²) in [6.45, 7) is 2.13. The molecule has 5 heteroatoms. The smallest absolute Gasteiger partial charge is 0.200 e. The van der Waals surface area contributed by atoms with Gasteiger partial charge in [-0.15, -0.1) is 0 Å². The van der Waals surface area contributed by atoms with Gasteiger partial charge in [0, 0.05) is 11.1 Å². The summed E-state index contributed by atoms with van der Waals surface area (Å²) >= 11 is 0. The van der Waals surface area contributed by atoms with Crippen molar-refractivity contribution in [3.8, 4) is 0 Å². The summed E-state index contributed by atoms with van der Waals surface area (Å²) in [7, 11) is -3.72. The van der Waals surface area contributed by atoms with Crippen LogP contribution >= 0.6 is 0 Å². The molecule has 0 aromatic heterocycles. The molecule has 0 radical (unpaired) electrons. The lowest BCUT2D eigenvalue weighted by atomic mass is 10.0. The molecule has 0 spiro atoms. The van der Waals surface area contributed by atoms with E-state index in [0.717, 1.165) is 22.3 Å². The van der Waals surface area contributed by atoms with Gasteiger partial charge in [0.1, 0.15) is 0 Å². The monoisotopic (exact) mass is 388 g/mol. The molecule has 0 bridgehead atoms. The van der Waals surface area contributed by atoms with E-state index in [1.54, 1.807) is 24.3 Å². The summed E-state index contributed by atoms with van der Waals surface area (Å²) in [4.78, 5) is 0.246. The third-order valence-electron chi connectivity index (χ3n) is 4.61. The van der Waals surface area contributed by atoms with Gasteiger partial charge < -0.3 is 0 Å². The van der Waals surface area contributed by atoms with Crippen LogP contribution in [0.1, 0.15) is 16.7 Å². The van der Waals surface area contributed by atoms with Gasteiger partial charge in [0.05, 0.1) is 17.2 Å². The quantitative estimate of drug-likeness (QED) is 0.661. The van der Waals surface area contributed by atoms with Gasteiger partial charge in [-0.3, -0.25) is 0 Å². The maximum atomic E-state index is 13.1. The average molecular weight is 388 g/mol. The molecule has 1 heterocycles. The first-order valence-electron chi connectivity index (χ1n) is 9.03. The Kier molecular flexibility index (Phi) is 4.84. The highest BCUT2D eigenvalue weighted by atomic mass is 32.2. The van der Waals surface area contributed by atoms with Crippen molar-refractivity contribution in [1.29, 1.82) is 0 Å². The molecule has 0 amide bonds. The maximum absolute atomic E-state index is 13.1. The Morgan fingerprint density at radius 1 is 0.857 bits per heavy atom. The predicted molar refractivity (Wildman–Crippen MR) is 112 cm³/mol. The number of hydrazone groups is 1. The second kappa shape index (κ2) is 7.44. The number of benzene rings is 3. The van der Waals surface area contributed by atoms with E-state index in [-0.39, 0.29) is 11.4 Å². The minimum absolute atomic E-state index is 0.204. The molecule has 28 heavy (non-hydrogen) atoms. The third-order valence-corrected chi connectivity index (χ3v) is 6.24. The highest BCUT2D eigenvalue weighted by Crippen LogP contribution is 2.27. The number of rotatable bonds is 4. The van der Waals surface area contributed by atoms with Crippen molar-refractivity contribution in [1.82, 2.24) is 4.41 Å². The van der Waals surface area contributed by atoms with Gasteiger partial charge in [-0.05, 0) is 30.7 Å². The standard InChI is InChI=1S/C23H20N2O2S/c1-18-12-14-22(15-13-18)28(26,27)25-17-21(16-19-8-4-2-5-9-19)23(24-25)20-10-6-3-7-11-20/h2-16H,17H2,1H3/b21-16+. The zero-order chi connectivity index (χ0) is 19.6. The van der Waals surface area contributed by atoms with Crippen LogP contribution in [0.5, 0.6) is 0 Å². The Bertz CT molecular complexity index is 1130. The lowest BCUT2D eigenvalue weighted by Gasteiger charge is -2.14. The van der Waals surface area contributed by atoms with Crippen LogP contribution in [0, 0.1) is 6.92 Å². The molecule has 4 nitrogen and oxygen atoms in total. The molecule has 4 rings (SSSR count). The first-order valence-corrected chi connectivity index (χ1v) is 10.5. The molecule has 0 saturated heterocycles. The van der Waals surface area contributed by atoms with Crippen LogP contribution in [0.25, 0.3) is 6.08 Å². The zero-order valence-corrected chi connectivity index (χ0v) is 16.3. The summed E-state index contributed by atoms with van der Waals surface area (Å²) < 4.78 is 27.4. The Morgan fingerprint density at radius 2 is 1.46 bits per heavy atom. The van der Waals surface area contributed by atoms with Gasteiger partial charge in [0.2, 0.25) is 0 Å². The molecular weight excluding hydrogens is 368 g/mol. The van der Waals surface area contributed by atoms with E-state index in [2.05, 4.69) is 5.10 Å². The lowest BCUT2D eigenvalue weighted by molar-refractivity contribution is 0.473. The van der Waals surface area contributed by atoms with Crippen molar-refractivity contribution in [3.05, 3.63) is 107 Å². The molecule has 140 valence electrons. The summed E-state index contributed by atoms with van der Waals surface area (Å²) in [5.41, 5.74) is 4.47. The predicted octanol–water partition coefficient (Wildman–Crippen LogP) is 4.49. The van der Waals surface area contributed by atoms with E-state index in [0.29, 0.717) is 5.71 Å². The van der Waals surface area contributed by atoms with Crippen molar-refractivity contribution in [2.45, 2.75) is 11.8 Å². The van der Waals surface area contributed by atoms with Gasteiger partial charge in [-0.2, -0.15) is 17.9 Å². The van der Waals surface area contributed by atoms with Gasteiger partial charge in [-0.1, -0.05) is 78.4 Å². The second-order valence-electron chi connectivity index (χ2n) is 6.69. The average Bonchev–Trinajstić information content (AvgIpc) is 3.14. The van der Waals surface area contributed by atoms with Gasteiger partial charge >= 0.3 is 0 Å². The van der Waals surface area contributed by atoms with E-state index >= 15 is 0 Å². The van der Waals surface area contributed by atoms with E-state index in [9.17, 15) is 8.42 Å². The van der Waals surface area contributed by atoms with Crippen LogP contribution in [-0.2, 0) is 10.0 Å². The molecule has 0 unspecified atom stereocenters. The fraction of sp³-hybridized carbons (Fsp3) is 0.0870. The Morgan fingerprint density at radius 3 is 2.11 bits per heavy atom. The molecule has 0 atom stereocenters. The maximum Gasteiger partial charge on any atom is 0.279 e. The van der Waals surface area contributed by atoms with Crippen molar-refractivity contribution in [2.75, 3.05) is 6.54 Å². The summed E-state index contributed by atoms with van der Waals surface area (Å²) in [6.07, 6.45) is 2.00. The molecule has 3 aromatic rings. The highest BCUT2D eigenvalue weighted by Gasteiger charge is 2.31. The van der Waals surface area contributed by atoms with Crippen LogP contribution in [0.15, 0.2) is 100 Å². The number of aryl methyl sites for hydroxylation is 1. The fourth-order valence-corrected chi connectivity index (χ4v) is 4.33. The number of hydrogen-bond donors (Lipinski definition) is 0. The van der Waals surface area contributed by atoms with Crippen molar-refractivity contribution >= 4 is 21.8 Å². The number of nitrogens with zero attached hydrogens (tertiary/aromatic N) is 2. The molecule has 1 aliphatic heterocycles. The summed E-state index contributed by atoms with van der Waals surface area (Å²) in [5, 5.41) is 4.50. The first kappa shape index (κ1) is 18.2. The molecule has 3 aromatic carbocycles. The van der Waals surface area contributed by atoms with Crippen LogP contribution in [0.2, 0.25) is 0 Å². The van der Waals surface area contributed by atoms with Crippen molar-refractivity contribution in [2.24, 2.45) is 5.10 Å². The largest absolute Gasteiger partial charge is 0.279 e. The molecule has 0 saturated carbocycles. The minimum atomic E-state index is -3.72. The summed E-state index contributed by atoms with van der Waals surface area (Å²) in [5.74, 6) is 0. The molecular formula is C23H20N2O2S. The van der Waals surface area contributed by atoms with E-state index in [4.69, 9.17) is 0 Å². The Hall–Kier alpha value is -3.18. The fourth-order valence-electron chi connectivity index (χ4n) is 3.11. The molecule has 0 N–H and O–H groups in total. The normalized spacial score (nSPS) is 15.7. The van der Waals surface area contributed by atoms with Crippen LogP contribution in [0.4, 0.5) is 0 Å². The topological polar surface area (TPSA) is 49.7 Å². The van der Waals surface area contributed by atoms with Crippen LogP contribution in [0.3, 0.4) is 0 Å². The third kappa shape index (κ3) is 3.62. The Labute approximate surface area is 165 Å². The number of sulfonamides is 1. The van der Waals surface area contributed by atoms with Gasteiger partial charge in [-0.25, -0.2) is 0 Å². The molecule has 0 fully saturated rings. The van der Waals surface area contributed by atoms with E-state index in [1.165, 1.54) is 4.41 Å². The van der Waals surface area contributed by atoms with Crippen molar-refractivity contribution in [3.63, 3.8) is 0 Å². The van der Waals surface area contributed by atoms with Crippen molar-refractivity contribution < 1.29 is 8.42 Å². The second-order valence-corrected chi connectivity index (χ2v) is 8.54. The number of hydrogen-bond acceptors (Lipinski definition) is 3. The lowest BCUT2D eigenvalue weighted by Crippen LogP contribution is -2.24. The molecule has 0 aliphatic carbocycles. The SMILES string of the molecule is Cc1ccc(S(=O)(=O)N2C/C(=C\c3ccccc3)C(c3ccccc3)=N2)cc1. The van der Waals surface area contributed by atoms with Gasteiger partial charge in [0.15, 0.2) is 0 Å². The zero-order valence-electron chi connectivity index (χ0n) is 15.5. The van der Waals surface area contributed by atoms with E-state index in [1.807, 2.05) is 73.7 Å². The molecule has 1 aliphatic rings.